The molecule has 3 N–H and O–H groups in total. The van der Waals surface area contributed by atoms with Crippen LogP contribution in [0, 0.1) is 5.92 Å². The second-order valence-corrected chi connectivity index (χ2v) is 7.06. The lowest BCUT2D eigenvalue weighted by molar-refractivity contribution is -0.116. The molecule has 0 aliphatic heterocycles. The van der Waals surface area contributed by atoms with Gasteiger partial charge in [0.15, 0.2) is 5.78 Å². The normalized spacial score (nSPS) is 16.9. The van der Waals surface area contributed by atoms with Gasteiger partial charge in [-0.1, -0.05) is 25.5 Å². The molecule has 0 aromatic carbocycles. The zero-order valence-electron chi connectivity index (χ0n) is 15.3. The number of halogens is 1. The van der Waals surface area contributed by atoms with Crippen LogP contribution in [-0.4, -0.2) is 32.6 Å². The molecule has 0 bridgehead atoms. The molecular formula is C19H31ClO4. The van der Waals surface area contributed by atoms with Gasteiger partial charge < -0.3 is 15.3 Å². The highest BCUT2D eigenvalue weighted by molar-refractivity contribution is 6.34. The number of carbonyl (C=O) groups excluding carboxylic acids is 1. The second-order valence-electron chi connectivity index (χ2n) is 6.53. The quantitative estimate of drug-likeness (QED) is 0.169. The number of hydrogen-bond acceptors (Lipinski definition) is 4. The molecule has 0 aromatic rings. The monoisotopic (exact) mass is 358 g/mol. The van der Waals surface area contributed by atoms with Crippen molar-refractivity contribution in [2.75, 3.05) is 0 Å². The molecule has 3 unspecified atom stereocenters. The van der Waals surface area contributed by atoms with Crippen molar-refractivity contribution in [3.63, 3.8) is 0 Å². The van der Waals surface area contributed by atoms with Crippen LogP contribution in [0.5, 0.6) is 0 Å². The number of aliphatic hydroxyl groups excluding tert-OH is 3. The first kappa shape index (κ1) is 22.7. The highest BCUT2D eigenvalue weighted by atomic mass is 35.5. The molecule has 138 valence electrons. The van der Waals surface area contributed by atoms with Crippen LogP contribution >= 0.6 is 11.6 Å². The van der Waals surface area contributed by atoms with Crippen LogP contribution in [-0.2, 0) is 4.79 Å². The number of aliphatic hydroxyl groups is 3. The van der Waals surface area contributed by atoms with E-state index in [2.05, 4.69) is 6.08 Å². The number of alkyl halides is 1. The van der Waals surface area contributed by atoms with Crippen LogP contribution in [0.2, 0.25) is 0 Å². The van der Waals surface area contributed by atoms with Crippen molar-refractivity contribution >= 4 is 17.4 Å². The number of carbonyl (C=O) groups is 1. The molecule has 0 aliphatic carbocycles. The van der Waals surface area contributed by atoms with Crippen molar-refractivity contribution in [3.8, 4) is 0 Å². The third-order valence-corrected chi connectivity index (χ3v) is 4.41. The Balaban J connectivity index is 5.30. The maximum Gasteiger partial charge on any atom is 0.182 e. The van der Waals surface area contributed by atoms with E-state index < -0.39 is 23.0 Å². The van der Waals surface area contributed by atoms with Gasteiger partial charge in [-0.2, -0.15) is 0 Å². The molecule has 24 heavy (non-hydrogen) atoms. The lowest BCUT2D eigenvalue weighted by Gasteiger charge is -2.21. The summed E-state index contributed by atoms with van der Waals surface area (Å²) in [5.74, 6) is -0.729. The number of allylic oxidation sites excluding steroid dienone is 3. The van der Waals surface area contributed by atoms with Crippen LogP contribution in [0.15, 0.2) is 34.8 Å². The summed E-state index contributed by atoms with van der Waals surface area (Å²) in [7, 11) is 0. The van der Waals surface area contributed by atoms with E-state index in [1.165, 1.54) is 12.5 Å². The Morgan fingerprint density at radius 1 is 1.25 bits per heavy atom. The van der Waals surface area contributed by atoms with Crippen molar-refractivity contribution < 1.29 is 20.1 Å². The van der Waals surface area contributed by atoms with E-state index >= 15 is 0 Å². The summed E-state index contributed by atoms with van der Waals surface area (Å²) < 4.78 is 0. The molecule has 0 fully saturated rings. The maximum absolute atomic E-state index is 12.4. The van der Waals surface area contributed by atoms with E-state index in [1.807, 2.05) is 20.8 Å². The Labute approximate surface area is 150 Å². The summed E-state index contributed by atoms with van der Waals surface area (Å²) in [6, 6.07) is 0. The highest BCUT2D eigenvalue weighted by Gasteiger charge is 2.29. The van der Waals surface area contributed by atoms with Gasteiger partial charge in [0.2, 0.25) is 0 Å². The zero-order valence-corrected chi connectivity index (χ0v) is 16.1. The van der Waals surface area contributed by atoms with Crippen LogP contribution in [0.25, 0.3) is 0 Å². The maximum atomic E-state index is 12.4. The summed E-state index contributed by atoms with van der Waals surface area (Å²) in [4.78, 5) is 12.4. The third kappa shape index (κ3) is 7.54. The number of Topliss-reactive ketones (excluding diaryl/α,β-unsaturated/α-hetero) is 1. The van der Waals surface area contributed by atoms with Crippen molar-refractivity contribution in [3.05, 3.63) is 34.8 Å². The van der Waals surface area contributed by atoms with Gasteiger partial charge in [0, 0.05) is 5.57 Å². The summed E-state index contributed by atoms with van der Waals surface area (Å²) >= 11 is 6.01. The number of hydrogen-bond donors (Lipinski definition) is 3. The fourth-order valence-corrected chi connectivity index (χ4v) is 2.46. The van der Waals surface area contributed by atoms with Crippen molar-refractivity contribution in [1.29, 1.82) is 0 Å². The summed E-state index contributed by atoms with van der Waals surface area (Å²) in [5, 5.41) is 29.0. The minimum Gasteiger partial charge on any atom is -0.515 e. The molecule has 0 aliphatic rings. The molecule has 5 heteroatoms. The van der Waals surface area contributed by atoms with Crippen molar-refractivity contribution in [2.45, 2.75) is 71.8 Å². The van der Waals surface area contributed by atoms with Crippen LogP contribution in [0.3, 0.4) is 0 Å². The summed E-state index contributed by atoms with van der Waals surface area (Å²) in [6.07, 6.45) is 4.22. The molecule has 0 spiro atoms. The SMILES string of the molecule is CCC(Cl)C(=O)C(=C(O)C(C)=CO)C(O)CC(C)CCC=C(C)C. The molecular weight excluding hydrogens is 328 g/mol. The van der Waals surface area contributed by atoms with Gasteiger partial charge in [0.25, 0.3) is 0 Å². The largest absolute Gasteiger partial charge is 0.515 e. The minimum absolute atomic E-state index is 0.117. The lowest BCUT2D eigenvalue weighted by Crippen LogP contribution is -2.28. The Morgan fingerprint density at radius 2 is 1.83 bits per heavy atom. The van der Waals surface area contributed by atoms with Gasteiger partial charge >= 0.3 is 0 Å². The predicted octanol–water partition coefficient (Wildman–Crippen LogP) is 4.98. The van der Waals surface area contributed by atoms with Gasteiger partial charge in [-0.3, -0.25) is 4.79 Å². The van der Waals surface area contributed by atoms with E-state index in [-0.39, 0.29) is 17.1 Å². The van der Waals surface area contributed by atoms with E-state index in [9.17, 15) is 15.0 Å². The number of rotatable bonds is 10. The average Bonchev–Trinajstić information content (AvgIpc) is 2.52. The average molecular weight is 359 g/mol. The van der Waals surface area contributed by atoms with E-state index in [0.717, 1.165) is 12.8 Å². The van der Waals surface area contributed by atoms with Crippen LogP contribution < -0.4 is 0 Å². The van der Waals surface area contributed by atoms with Crippen molar-refractivity contribution in [2.24, 2.45) is 5.92 Å². The molecule has 0 saturated carbocycles. The van der Waals surface area contributed by atoms with Crippen LogP contribution in [0.1, 0.15) is 60.3 Å². The molecule has 0 amide bonds. The molecule has 0 rings (SSSR count). The molecule has 0 radical (unpaired) electrons. The fourth-order valence-electron chi connectivity index (χ4n) is 2.34. The first-order chi connectivity index (χ1) is 11.1. The molecule has 4 nitrogen and oxygen atoms in total. The first-order valence-electron chi connectivity index (χ1n) is 8.39. The topological polar surface area (TPSA) is 77.8 Å². The minimum atomic E-state index is -1.12. The summed E-state index contributed by atoms with van der Waals surface area (Å²) in [6.45, 7) is 9.28. The standard InChI is InChI=1S/C19H31ClO4/c1-6-15(20)19(24)17(18(23)14(5)11-21)16(22)10-13(4)9-7-8-12(2)3/h8,11,13,15-16,21-23H,6-7,9-10H2,1-5H3. The Bertz CT molecular complexity index is 501. The second kappa shape index (κ2) is 11.3. The van der Waals surface area contributed by atoms with E-state index in [1.54, 1.807) is 6.92 Å². The Kier molecular flexibility index (Phi) is 10.7. The highest BCUT2D eigenvalue weighted by Crippen LogP contribution is 2.25. The number of ketones is 1. The van der Waals surface area contributed by atoms with E-state index in [0.29, 0.717) is 19.1 Å². The molecule has 0 heterocycles. The fraction of sp³-hybridized carbons (Fsp3) is 0.632. The van der Waals surface area contributed by atoms with Crippen molar-refractivity contribution in [1.82, 2.24) is 0 Å². The lowest BCUT2D eigenvalue weighted by atomic mass is 9.89. The molecule has 0 saturated heterocycles. The van der Waals surface area contributed by atoms with Gasteiger partial charge in [-0.05, 0) is 52.4 Å². The molecule has 0 aromatic heterocycles. The van der Waals surface area contributed by atoms with Gasteiger partial charge in [-0.15, -0.1) is 11.6 Å². The first-order valence-corrected chi connectivity index (χ1v) is 8.83. The van der Waals surface area contributed by atoms with Crippen LogP contribution in [0.4, 0.5) is 0 Å². The van der Waals surface area contributed by atoms with Gasteiger partial charge in [0.1, 0.15) is 5.76 Å². The summed E-state index contributed by atoms with van der Waals surface area (Å²) in [5.41, 5.74) is 1.25. The van der Waals surface area contributed by atoms with Gasteiger partial charge in [0.05, 0.1) is 23.3 Å². The Morgan fingerprint density at radius 3 is 2.29 bits per heavy atom. The Hall–Kier alpha value is -1.26. The zero-order chi connectivity index (χ0) is 18.9. The van der Waals surface area contributed by atoms with Gasteiger partial charge in [-0.25, -0.2) is 0 Å². The third-order valence-electron chi connectivity index (χ3n) is 3.90. The van der Waals surface area contributed by atoms with E-state index in [4.69, 9.17) is 16.7 Å². The molecule has 3 atom stereocenters. The smallest absolute Gasteiger partial charge is 0.182 e. The predicted molar refractivity (Wildman–Crippen MR) is 99.4 cm³/mol.